The Morgan fingerprint density at radius 1 is 1.36 bits per heavy atom. The van der Waals surface area contributed by atoms with E-state index in [-0.39, 0.29) is 11.6 Å². The first-order chi connectivity index (χ1) is 6.66. The fourth-order valence-corrected chi connectivity index (χ4v) is 1.16. The minimum atomic E-state index is -0.690. The van der Waals surface area contributed by atoms with Gasteiger partial charge >= 0.3 is 0 Å². The van der Waals surface area contributed by atoms with E-state index < -0.39 is 17.5 Å². The highest BCUT2D eigenvalue weighted by molar-refractivity contribution is 5.94. The first-order valence-electron chi connectivity index (χ1n) is 4.43. The standard InChI is InChI=1S/C10H9F2NO/c11-6-1-4-9(12)8(5-6)10(14)13-7-2-3-7/h1,4-5,7H,2-3H2,(H,13,14). The fraction of sp³-hybridized carbons (Fsp3) is 0.300. The lowest BCUT2D eigenvalue weighted by molar-refractivity contribution is 0.0946. The molecule has 0 aliphatic heterocycles. The number of carbonyl (C=O) groups excluding carboxylic acids is 1. The Morgan fingerprint density at radius 2 is 2.07 bits per heavy atom. The van der Waals surface area contributed by atoms with E-state index in [1.165, 1.54) is 0 Å². The summed E-state index contributed by atoms with van der Waals surface area (Å²) in [5.41, 5.74) is -0.225. The second-order valence-electron chi connectivity index (χ2n) is 3.37. The third-order valence-electron chi connectivity index (χ3n) is 2.09. The van der Waals surface area contributed by atoms with Crippen LogP contribution in [0.1, 0.15) is 23.2 Å². The first kappa shape index (κ1) is 9.12. The Hall–Kier alpha value is -1.45. The normalized spacial score (nSPS) is 15.3. The van der Waals surface area contributed by atoms with Crippen molar-refractivity contribution in [3.05, 3.63) is 35.4 Å². The smallest absolute Gasteiger partial charge is 0.254 e. The van der Waals surface area contributed by atoms with Crippen LogP contribution in [0.3, 0.4) is 0 Å². The molecule has 0 aromatic heterocycles. The lowest BCUT2D eigenvalue weighted by Gasteiger charge is -2.03. The van der Waals surface area contributed by atoms with Crippen molar-refractivity contribution in [3.63, 3.8) is 0 Å². The summed E-state index contributed by atoms with van der Waals surface area (Å²) < 4.78 is 25.8. The van der Waals surface area contributed by atoms with Crippen LogP contribution in [0.2, 0.25) is 0 Å². The van der Waals surface area contributed by atoms with Crippen LogP contribution in [0.4, 0.5) is 8.78 Å². The summed E-state index contributed by atoms with van der Waals surface area (Å²) in [4.78, 5) is 11.4. The minimum absolute atomic E-state index is 0.144. The molecular formula is C10H9F2NO. The highest BCUT2D eigenvalue weighted by Crippen LogP contribution is 2.20. The molecule has 0 bridgehead atoms. The summed E-state index contributed by atoms with van der Waals surface area (Å²) in [7, 11) is 0. The van der Waals surface area contributed by atoms with Crippen LogP contribution >= 0.6 is 0 Å². The summed E-state index contributed by atoms with van der Waals surface area (Å²) in [6.45, 7) is 0. The predicted molar refractivity (Wildman–Crippen MR) is 46.8 cm³/mol. The van der Waals surface area contributed by atoms with Gasteiger partial charge in [0.05, 0.1) is 5.56 Å². The highest BCUT2D eigenvalue weighted by Gasteiger charge is 2.25. The molecule has 1 aromatic carbocycles. The summed E-state index contributed by atoms with van der Waals surface area (Å²) in [6, 6.07) is 3.00. The lowest BCUT2D eigenvalue weighted by Crippen LogP contribution is -2.26. The van der Waals surface area contributed by atoms with Crippen molar-refractivity contribution in [2.45, 2.75) is 18.9 Å². The molecular weight excluding hydrogens is 188 g/mol. The summed E-state index contributed by atoms with van der Waals surface area (Å²) in [5, 5.41) is 2.59. The van der Waals surface area contributed by atoms with Gasteiger partial charge in [-0.15, -0.1) is 0 Å². The molecule has 0 spiro atoms. The zero-order valence-electron chi connectivity index (χ0n) is 7.39. The molecule has 1 saturated carbocycles. The highest BCUT2D eigenvalue weighted by atomic mass is 19.1. The van der Waals surface area contributed by atoms with Gasteiger partial charge in [0.15, 0.2) is 0 Å². The number of halogens is 2. The fourth-order valence-electron chi connectivity index (χ4n) is 1.16. The van der Waals surface area contributed by atoms with Crippen molar-refractivity contribution in [3.8, 4) is 0 Å². The van der Waals surface area contributed by atoms with Gasteiger partial charge in [0.2, 0.25) is 0 Å². The molecule has 0 heterocycles. The van der Waals surface area contributed by atoms with Crippen molar-refractivity contribution in [2.75, 3.05) is 0 Å². The van der Waals surface area contributed by atoms with Crippen LogP contribution in [0.5, 0.6) is 0 Å². The molecule has 0 unspecified atom stereocenters. The molecule has 1 N–H and O–H groups in total. The summed E-state index contributed by atoms with van der Waals surface area (Å²) in [5.74, 6) is -1.83. The van der Waals surface area contributed by atoms with E-state index in [2.05, 4.69) is 5.32 Å². The molecule has 0 atom stereocenters. The number of amides is 1. The van der Waals surface area contributed by atoms with Gasteiger partial charge in [0.25, 0.3) is 5.91 Å². The molecule has 1 aromatic rings. The maximum atomic E-state index is 13.1. The topological polar surface area (TPSA) is 29.1 Å². The van der Waals surface area contributed by atoms with Gasteiger partial charge in [-0.25, -0.2) is 8.78 Å². The van der Waals surface area contributed by atoms with Crippen LogP contribution in [0.15, 0.2) is 18.2 Å². The summed E-state index contributed by atoms with van der Waals surface area (Å²) in [6.07, 6.45) is 1.84. The van der Waals surface area contributed by atoms with E-state index in [0.29, 0.717) is 0 Å². The SMILES string of the molecule is O=C(NC1CC1)c1cc(F)ccc1F. The maximum absolute atomic E-state index is 13.1. The zero-order valence-corrected chi connectivity index (χ0v) is 7.39. The van der Waals surface area contributed by atoms with Crippen molar-refractivity contribution in [1.82, 2.24) is 5.32 Å². The molecule has 2 nitrogen and oxygen atoms in total. The number of rotatable bonds is 2. The van der Waals surface area contributed by atoms with E-state index in [4.69, 9.17) is 0 Å². The van der Waals surface area contributed by atoms with Crippen molar-refractivity contribution in [1.29, 1.82) is 0 Å². The van der Waals surface area contributed by atoms with Crippen molar-refractivity contribution in [2.24, 2.45) is 0 Å². The van der Waals surface area contributed by atoms with E-state index >= 15 is 0 Å². The third-order valence-corrected chi connectivity index (χ3v) is 2.09. The number of hydrogen-bond acceptors (Lipinski definition) is 1. The molecule has 14 heavy (non-hydrogen) atoms. The predicted octanol–water partition coefficient (Wildman–Crippen LogP) is 1.86. The molecule has 4 heteroatoms. The second-order valence-corrected chi connectivity index (χ2v) is 3.37. The Bertz CT molecular complexity index is 374. The molecule has 0 saturated heterocycles. The van der Waals surface area contributed by atoms with Crippen LogP contribution in [0.25, 0.3) is 0 Å². The van der Waals surface area contributed by atoms with Gasteiger partial charge in [-0.3, -0.25) is 4.79 Å². The second kappa shape index (κ2) is 3.36. The molecule has 1 aliphatic rings. The number of benzene rings is 1. The molecule has 1 aliphatic carbocycles. The van der Waals surface area contributed by atoms with E-state index in [1.807, 2.05) is 0 Å². The monoisotopic (exact) mass is 197 g/mol. The van der Waals surface area contributed by atoms with Crippen LogP contribution in [-0.2, 0) is 0 Å². The maximum Gasteiger partial charge on any atom is 0.254 e. The molecule has 74 valence electrons. The Labute approximate surface area is 79.9 Å². The van der Waals surface area contributed by atoms with E-state index in [0.717, 1.165) is 31.0 Å². The van der Waals surface area contributed by atoms with Gasteiger partial charge in [-0.05, 0) is 31.0 Å². The lowest BCUT2D eigenvalue weighted by atomic mass is 10.2. The quantitative estimate of drug-likeness (QED) is 0.770. The van der Waals surface area contributed by atoms with Gasteiger partial charge in [0.1, 0.15) is 11.6 Å². The van der Waals surface area contributed by atoms with Crippen molar-refractivity contribution >= 4 is 5.91 Å². The molecule has 1 amide bonds. The van der Waals surface area contributed by atoms with Crippen LogP contribution < -0.4 is 5.32 Å². The number of hydrogen-bond donors (Lipinski definition) is 1. The third kappa shape index (κ3) is 1.89. The largest absolute Gasteiger partial charge is 0.349 e. The molecule has 2 rings (SSSR count). The van der Waals surface area contributed by atoms with Crippen LogP contribution in [0, 0.1) is 11.6 Å². The Kier molecular flexibility index (Phi) is 2.19. The van der Waals surface area contributed by atoms with Gasteiger partial charge < -0.3 is 5.32 Å². The van der Waals surface area contributed by atoms with Crippen LogP contribution in [-0.4, -0.2) is 11.9 Å². The Morgan fingerprint density at radius 3 is 2.71 bits per heavy atom. The van der Waals surface area contributed by atoms with Gasteiger partial charge in [-0.2, -0.15) is 0 Å². The average Bonchev–Trinajstić information content (AvgIpc) is 2.93. The first-order valence-corrected chi connectivity index (χ1v) is 4.43. The van der Waals surface area contributed by atoms with Gasteiger partial charge in [-0.1, -0.05) is 0 Å². The van der Waals surface area contributed by atoms with E-state index in [9.17, 15) is 13.6 Å². The molecule has 1 fully saturated rings. The number of carbonyl (C=O) groups is 1. The minimum Gasteiger partial charge on any atom is -0.349 e. The van der Waals surface area contributed by atoms with E-state index in [1.54, 1.807) is 0 Å². The number of nitrogens with one attached hydrogen (secondary N) is 1. The summed E-state index contributed by atoms with van der Waals surface area (Å²) >= 11 is 0. The molecule has 0 radical (unpaired) electrons. The average molecular weight is 197 g/mol. The van der Waals surface area contributed by atoms with Crippen molar-refractivity contribution < 1.29 is 13.6 Å². The van der Waals surface area contributed by atoms with Gasteiger partial charge in [0, 0.05) is 6.04 Å². The zero-order chi connectivity index (χ0) is 10.1. The Balaban J connectivity index is 2.20.